The number of carbonyl (C=O) groups is 1. The molecule has 7 heteroatoms. The van der Waals surface area contributed by atoms with Crippen LogP contribution in [0.15, 0.2) is 29.2 Å². The molecule has 0 saturated heterocycles. The second kappa shape index (κ2) is 6.55. The molecule has 0 bridgehead atoms. The first-order valence-corrected chi connectivity index (χ1v) is 8.51. The largest absolute Gasteiger partial charge is 0.328 e. The van der Waals surface area contributed by atoms with E-state index in [0.717, 1.165) is 25.7 Å². The molecule has 0 atom stereocenters. The molecule has 2 rings (SSSR count). The smallest absolute Gasteiger partial charge is 0.242 e. The number of nitrogens with one attached hydrogen (secondary N) is 2. The summed E-state index contributed by atoms with van der Waals surface area (Å²) in [5, 5.41) is 2.74. The molecule has 116 valence electrons. The maximum atomic E-state index is 12.3. The number of anilines is 1. The Morgan fingerprint density at radius 2 is 1.81 bits per heavy atom. The molecular formula is C14H21N3O3S. The molecule has 21 heavy (non-hydrogen) atoms. The third-order valence-corrected chi connectivity index (χ3v) is 5.32. The van der Waals surface area contributed by atoms with Crippen molar-refractivity contribution < 1.29 is 13.2 Å². The topological polar surface area (TPSA) is 101 Å². The zero-order valence-electron chi connectivity index (χ0n) is 12.0. The first-order chi connectivity index (χ1) is 9.94. The highest BCUT2D eigenvalue weighted by Gasteiger charge is 2.26. The van der Waals surface area contributed by atoms with Gasteiger partial charge >= 0.3 is 0 Å². The van der Waals surface area contributed by atoms with E-state index >= 15 is 0 Å². The van der Waals surface area contributed by atoms with E-state index in [1.165, 1.54) is 13.1 Å². The minimum Gasteiger partial charge on any atom is -0.328 e. The van der Waals surface area contributed by atoms with Crippen LogP contribution in [0.25, 0.3) is 0 Å². The minimum absolute atomic E-state index is 0.0772. The third kappa shape index (κ3) is 3.81. The van der Waals surface area contributed by atoms with Crippen molar-refractivity contribution in [2.45, 2.75) is 36.6 Å². The van der Waals surface area contributed by atoms with Gasteiger partial charge in [0, 0.05) is 12.0 Å². The summed E-state index contributed by atoms with van der Waals surface area (Å²) in [6.07, 6.45) is 3.14. The Hall–Kier alpha value is -1.44. The third-order valence-electron chi connectivity index (χ3n) is 3.85. The fourth-order valence-corrected chi connectivity index (χ4v) is 3.42. The number of benzene rings is 1. The van der Waals surface area contributed by atoms with E-state index < -0.39 is 10.0 Å². The Labute approximate surface area is 125 Å². The van der Waals surface area contributed by atoms with Crippen LogP contribution in [-0.4, -0.2) is 27.4 Å². The molecule has 0 spiro atoms. The lowest BCUT2D eigenvalue weighted by molar-refractivity contribution is -0.120. The predicted molar refractivity (Wildman–Crippen MR) is 81.3 cm³/mol. The van der Waals surface area contributed by atoms with Crippen molar-refractivity contribution in [2.24, 2.45) is 11.7 Å². The van der Waals surface area contributed by atoms with Crippen molar-refractivity contribution in [3.05, 3.63) is 24.3 Å². The summed E-state index contributed by atoms with van der Waals surface area (Å²) in [5.74, 6) is -0.240. The number of para-hydroxylation sites is 1. The summed E-state index contributed by atoms with van der Waals surface area (Å²) >= 11 is 0. The van der Waals surface area contributed by atoms with Crippen molar-refractivity contribution in [1.82, 2.24) is 4.72 Å². The molecule has 4 N–H and O–H groups in total. The van der Waals surface area contributed by atoms with Crippen LogP contribution in [0.2, 0.25) is 0 Å². The van der Waals surface area contributed by atoms with Crippen LogP contribution in [0.3, 0.4) is 0 Å². The predicted octanol–water partition coefficient (Wildman–Crippen LogP) is 1.05. The van der Waals surface area contributed by atoms with Crippen LogP contribution in [0.1, 0.15) is 25.7 Å². The van der Waals surface area contributed by atoms with E-state index in [1.807, 2.05) is 0 Å². The molecule has 1 aliphatic carbocycles. The van der Waals surface area contributed by atoms with Gasteiger partial charge in [-0.2, -0.15) is 0 Å². The maximum absolute atomic E-state index is 12.3. The van der Waals surface area contributed by atoms with Gasteiger partial charge in [-0.1, -0.05) is 12.1 Å². The first-order valence-electron chi connectivity index (χ1n) is 7.03. The van der Waals surface area contributed by atoms with Gasteiger partial charge in [-0.3, -0.25) is 4.79 Å². The maximum Gasteiger partial charge on any atom is 0.242 e. The Bertz CT molecular complexity index is 608. The molecule has 0 heterocycles. The van der Waals surface area contributed by atoms with Crippen LogP contribution >= 0.6 is 0 Å². The summed E-state index contributed by atoms with van der Waals surface area (Å²) < 4.78 is 26.1. The van der Waals surface area contributed by atoms with Gasteiger partial charge in [0.25, 0.3) is 0 Å². The number of amides is 1. The Balaban J connectivity index is 2.15. The summed E-state index contributed by atoms with van der Waals surface area (Å²) in [6, 6.07) is 6.56. The fourth-order valence-electron chi connectivity index (χ4n) is 2.53. The van der Waals surface area contributed by atoms with Gasteiger partial charge in [0.15, 0.2) is 0 Å². The first kappa shape index (κ1) is 15.9. The average Bonchev–Trinajstić information content (AvgIpc) is 2.48. The van der Waals surface area contributed by atoms with Crippen LogP contribution in [0.5, 0.6) is 0 Å². The summed E-state index contributed by atoms with van der Waals surface area (Å²) in [6.45, 7) is 0. The second-order valence-corrected chi connectivity index (χ2v) is 7.16. The zero-order chi connectivity index (χ0) is 15.5. The van der Waals surface area contributed by atoms with Gasteiger partial charge in [-0.25, -0.2) is 13.1 Å². The van der Waals surface area contributed by atoms with Gasteiger partial charge in [0.2, 0.25) is 15.9 Å². The normalized spacial score (nSPS) is 22.8. The molecule has 1 aromatic rings. The zero-order valence-corrected chi connectivity index (χ0v) is 12.8. The Morgan fingerprint density at radius 3 is 2.43 bits per heavy atom. The molecule has 0 radical (unpaired) electrons. The van der Waals surface area contributed by atoms with Gasteiger partial charge in [-0.05, 0) is 44.9 Å². The van der Waals surface area contributed by atoms with Crippen molar-refractivity contribution in [1.29, 1.82) is 0 Å². The molecule has 1 fully saturated rings. The van der Waals surface area contributed by atoms with Crippen molar-refractivity contribution in [3.8, 4) is 0 Å². The van der Waals surface area contributed by atoms with Crippen LogP contribution in [-0.2, 0) is 14.8 Å². The van der Waals surface area contributed by atoms with Crippen LogP contribution in [0.4, 0.5) is 5.69 Å². The van der Waals surface area contributed by atoms with E-state index in [1.54, 1.807) is 18.2 Å². The highest BCUT2D eigenvalue weighted by Crippen LogP contribution is 2.26. The van der Waals surface area contributed by atoms with Gasteiger partial charge in [-0.15, -0.1) is 0 Å². The fraction of sp³-hybridized carbons (Fsp3) is 0.500. The molecule has 0 aliphatic heterocycles. The number of hydrogen-bond acceptors (Lipinski definition) is 4. The quantitative estimate of drug-likeness (QED) is 0.773. The number of hydrogen-bond donors (Lipinski definition) is 3. The van der Waals surface area contributed by atoms with E-state index in [9.17, 15) is 13.2 Å². The Morgan fingerprint density at radius 1 is 1.19 bits per heavy atom. The van der Waals surface area contributed by atoms with Gasteiger partial charge < -0.3 is 11.1 Å². The molecule has 6 nitrogen and oxygen atoms in total. The van der Waals surface area contributed by atoms with E-state index in [2.05, 4.69) is 10.0 Å². The molecule has 1 amide bonds. The molecular weight excluding hydrogens is 290 g/mol. The summed E-state index contributed by atoms with van der Waals surface area (Å²) in [4.78, 5) is 12.4. The van der Waals surface area contributed by atoms with Crippen molar-refractivity contribution >= 4 is 21.6 Å². The minimum atomic E-state index is -3.60. The Kier molecular flexibility index (Phi) is 4.97. The number of sulfonamides is 1. The molecule has 1 aromatic carbocycles. The van der Waals surface area contributed by atoms with E-state index in [0.29, 0.717) is 5.69 Å². The summed E-state index contributed by atoms with van der Waals surface area (Å²) in [5.41, 5.74) is 6.14. The van der Waals surface area contributed by atoms with Crippen molar-refractivity contribution in [3.63, 3.8) is 0 Å². The number of rotatable bonds is 4. The average molecular weight is 311 g/mol. The monoisotopic (exact) mass is 311 g/mol. The number of carbonyl (C=O) groups excluding carboxylic acids is 1. The van der Waals surface area contributed by atoms with Crippen LogP contribution < -0.4 is 15.8 Å². The lowest BCUT2D eigenvalue weighted by Crippen LogP contribution is -2.33. The lowest BCUT2D eigenvalue weighted by Gasteiger charge is -2.25. The highest BCUT2D eigenvalue weighted by molar-refractivity contribution is 7.89. The summed E-state index contributed by atoms with van der Waals surface area (Å²) in [7, 11) is -2.25. The van der Waals surface area contributed by atoms with Gasteiger partial charge in [0.1, 0.15) is 4.90 Å². The van der Waals surface area contributed by atoms with Crippen LogP contribution in [0, 0.1) is 5.92 Å². The standard InChI is InChI=1S/C14H21N3O3S/c1-16-21(19,20)13-5-3-2-4-12(13)17-14(18)10-6-8-11(15)9-7-10/h2-5,10-11,16H,6-9,15H2,1H3,(H,17,18). The van der Waals surface area contributed by atoms with Gasteiger partial charge in [0.05, 0.1) is 5.69 Å². The highest BCUT2D eigenvalue weighted by atomic mass is 32.2. The molecule has 1 aliphatic rings. The second-order valence-electron chi connectivity index (χ2n) is 5.30. The molecule has 1 saturated carbocycles. The van der Waals surface area contributed by atoms with Crippen molar-refractivity contribution in [2.75, 3.05) is 12.4 Å². The molecule has 0 unspecified atom stereocenters. The van der Waals surface area contributed by atoms with E-state index in [-0.39, 0.29) is 22.8 Å². The molecule has 0 aromatic heterocycles. The van der Waals surface area contributed by atoms with E-state index in [4.69, 9.17) is 5.73 Å². The SMILES string of the molecule is CNS(=O)(=O)c1ccccc1NC(=O)C1CCC(N)CC1. The lowest BCUT2D eigenvalue weighted by atomic mass is 9.86. The number of nitrogens with two attached hydrogens (primary N) is 1.